The van der Waals surface area contributed by atoms with Crippen LogP contribution in [0.2, 0.25) is 0 Å². The normalized spacial score (nSPS) is 14.9. The highest BCUT2D eigenvalue weighted by Crippen LogP contribution is 2.26. The number of hydrogen-bond donors (Lipinski definition) is 2. The molecule has 2 aromatic heterocycles. The van der Waals surface area contributed by atoms with Gasteiger partial charge in [-0.3, -0.25) is 14.4 Å². The first-order chi connectivity index (χ1) is 12.5. The van der Waals surface area contributed by atoms with Crippen molar-refractivity contribution in [3.8, 4) is 0 Å². The number of aryl methyl sites for hydroxylation is 1. The van der Waals surface area contributed by atoms with Gasteiger partial charge in [0.2, 0.25) is 0 Å². The summed E-state index contributed by atoms with van der Waals surface area (Å²) in [5.74, 6) is -0.546. The summed E-state index contributed by atoms with van der Waals surface area (Å²) >= 11 is 0. The van der Waals surface area contributed by atoms with Crippen LogP contribution >= 0.6 is 0 Å². The van der Waals surface area contributed by atoms with Crippen LogP contribution < -0.4 is 10.9 Å². The first-order valence-electron chi connectivity index (χ1n) is 8.61. The lowest BCUT2D eigenvalue weighted by Gasteiger charge is -2.16. The molecule has 6 heteroatoms. The Hall–Kier alpha value is -3.15. The van der Waals surface area contributed by atoms with Crippen LogP contribution in [-0.4, -0.2) is 16.7 Å². The molecule has 0 saturated carbocycles. The molecule has 1 atom stereocenters. The minimum Gasteiger partial charge on any atom is -0.464 e. The summed E-state index contributed by atoms with van der Waals surface area (Å²) in [7, 11) is 0. The van der Waals surface area contributed by atoms with Crippen molar-refractivity contribution in [2.24, 2.45) is 0 Å². The number of benzene rings is 1. The number of carbonyl (C=O) groups is 2. The lowest BCUT2D eigenvalue weighted by Crippen LogP contribution is -2.33. The average molecular weight is 350 g/mol. The quantitative estimate of drug-likeness (QED) is 0.759. The molecule has 0 spiro atoms. The van der Waals surface area contributed by atoms with Crippen LogP contribution in [-0.2, 0) is 6.42 Å². The van der Waals surface area contributed by atoms with E-state index in [0.29, 0.717) is 24.1 Å². The number of para-hydroxylation sites is 1. The summed E-state index contributed by atoms with van der Waals surface area (Å²) in [6, 6.07) is 8.62. The van der Waals surface area contributed by atoms with Gasteiger partial charge in [0.05, 0.1) is 12.3 Å². The molecule has 0 aliphatic heterocycles. The second-order valence-corrected chi connectivity index (χ2v) is 6.56. The van der Waals surface area contributed by atoms with Gasteiger partial charge in [-0.25, -0.2) is 0 Å². The molecule has 0 unspecified atom stereocenters. The van der Waals surface area contributed by atoms with Crippen LogP contribution in [0.1, 0.15) is 57.8 Å². The third-order valence-corrected chi connectivity index (χ3v) is 4.82. The molecule has 4 rings (SSSR count). The van der Waals surface area contributed by atoms with Crippen LogP contribution in [0.15, 0.2) is 45.8 Å². The number of pyridine rings is 1. The van der Waals surface area contributed by atoms with Gasteiger partial charge < -0.3 is 14.7 Å². The Morgan fingerprint density at radius 3 is 2.88 bits per heavy atom. The van der Waals surface area contributed by atoms with Gasteiger partial charge in [-0.15, -0.1) is 0 Å². The Morgan fingerprint density at radius 2 is 2.04 bits per heavy atom. The summed E-state index contributed by atoms with van der Waals surface area (Å²) < 4.78 is 5.51. The standard InChI is InChI=1S/C20H18N2O4/c1-11(15-10-26-18-8-3-2-5-12(15)18)21-19(24)14-9-13-16(22-20(14)25)6-4-7-17(13)23/h2-3,5,8-11H,4,6-7H2,1H3,(H,21,24)(H,22,25)/t11-/m1/s1. The maximum atomic E-state index is 12.6. The summed E-state index contributed by atoms with van der Waals surface area (Å²) in [6.45, 7) is 1.83. The molecule has 132 valence electrons. The molecule has 1 aliphatic rings. The molecular weight excluding hydrogens is 332 g/mol. The monoisotopic (exact) mass is 350 g/mol. The van der Waals surface area contributed by atoms with Crippen LogP contribution in [0.3, 0.4) is 0 Å². The molecule has 0 fully saturated rings. The molecular formula is C20H18N2O4. The molecule has 0 bridgehead atoms. The van der Waals surface area contributed by atoms with Crippen molar-refractivity contribution >= 4 is 22.7 Å². The Bertz CT molecular complexity index is 1080. The Balaban J connectivity index is 1.63. The van der Waals surface area contributed by atoms with E-state index in [4.69, 9.17) is 4.42 Å². The molecule has 26 heavy (non-hydrogen) atoms. The van der Waals surface area contributed by atoms with E-state index >= 15 is 0 Å². The molecule has 1 aliphatic carbocycles. The Morgan fingerprint density at radius 1 is 1.23 bits per heavy atom. The minimum absolute atomic E-state index is 0.0366. The SMILES string of the molecule is C[C@@H](NC(=O)c1cc2c([nH]c1=O)CCCC2=O)c1coc2ccccc12. The van der Waals surface area contributed by atoms with E-state index in [-0.39, 0.29) is 17.4 Å². The van der Waals surface area contributed by atoms with Gasteiger partial charge >= 0.3 is 0 Å². The molecule has 1 aromatic carbocycles. The Kier molecular flexibility index (Phi) is 3.95. The van der Waals surface area contributed by atoms with Crippen molar-refractivity contribution in [1.82, 2.24) is 10.3 Å². The van der Waals surface area contributed by atoms with E-state index in [2.05, 4.69) is 10.3 Å². The first-order valence-corrected chi connectivity index (χ1v) is 8.61. The number of fused-ring (bicyclic) bond motifs is 2. The number of nitrogens with one attached hydrogen (secondary N) is 2. The van der Waals surface area contributed by atoms with Crippen molar-refractivity contribution in [1.29, 1.82) is 0 Å². The molecule has 0 radical (unpaired) electrons. The first kappa shape index (κ1) is 16.3. The van der Waals surface area contributed by atoms with Gasteiger partial charge in [-0.2, -0.15) is 0 Å². The predicted molar refractivity (Wildman–Crippen MR) is 96.4 cm³/mol. The number of aromatic nitrogens is 1. The lowest BCUT2D eigenvalue weighted by molar-refractivity contribution is 0.0938. The molecule has 6 nitrogen and oxygen atoms in total. The third-order valence-electron chi connectivity index (χ3n) is 4.82. The van der Waals surface area contributed by atoms with E-state index in [1.165, 1.54) is 6.07 Å². The summed E-state index contributed by atoms with van der Waals surface area (Å²) in [5, 5.41) is 3.73. The van der Waals surface area contributed by atoms with Gasteiger partial charge in [0, 0.05) is 28.6 Å². The van der Waals surface area contributed by atoms with Crippen molar-refractivity contribution < 1.29 is 14.0 Å². The minimum atomic E-state index is -0.509. The molecule has 2 N–H and O–H groups in total. The zero-order valence-electron chi connectivity index (χ0n) is 14.3. The average Bonchev–Trinajstić information content (AvgIpc) is 3.05. The van der Waals surface area contributed by atoms with Crippen LogP contribution in [0, 0.1) is 0 Å². The van der Waals surface area contributed by atoms with Crippen LogP contribution in [0.5, 0.6) is 0 Å². The number of amides is 1. The van der Waals surface area contributed by atoms with Gasteiger partial charge in [0.15, 0.2) is 5.78 Å². The third kappa shape index (κ3) is 2.73. The fraction of sp³-hybridized carbons (Fsp3) is 0.250. The highest BCUT2D eigenvalue weighted by Gasteiger charge is 2.23. The fourth-order valence-electron chi connectivity index (χ4n) is 3.43. The van der Waals surface area contributed by atoms with Crippen molar-refractivity contribution in [3.05, 3.63) is 69.3 Å². The van der Waals surface area contributed by atoms with Gasteiger partial charge in [-0.1, -0.05) is 18.2 Å². The highest BCUT2D eigenvalue weighted by molar-refractivity contribution is 6.01. The van der Waals surface area contributed by atoms with Crippen molar-refractivity contribution in [2.75, 3.05) is 0 Å². The number of carbonyl (C=O) groups excluding carboxylic acids is 2. The number of Topliss-reactive ketones (excluding diaryl/α,β-unsaturated/α-hetero) is 1. The van der Waals surface area contributed by atoms with E-state index in [1.54, 1.807) is 6.26 Å². The maximum Gasteiger partial charge on any atom is 0.261 e. The zero-order chi connectivity index (χ0) is 18.3. The number of ketones is 1. The second-order valence-electron chi connectivity index (χ2n) is 6.56. The van der Waals surface area contributed by atoms with E-state index in [1.807, 2.05) is 31.2 Å². The van der Waals surface area contributed by atoms with Gasteiger partial charge in [0.25, 0.3) is 11.5 Å². The van der Waals surface area contributed by atoms with Gasteiger partial charge in [0.1, 0.15) is 11.1 Å². The fourth-order valence-corrected chi connectivity index (χ4v) is 3.43. The highest BCUT2D eigenvalue weighted by atomic mass is 16.3. The smallest absolute Gasteiger partial charge is 0.261 e. The predicted octanol–water partition coefficient (Wildman–Crippen LogP) is 3.13. The maximum absolute atomic E-state index is 12.6. The Labute approximate surface area is 149 Å². The number of aromatic amines is 1. The number of H-pyrrole nitrogens is 1. The van der Waals surface area contributed by atoms with E-state index in [9.17, 15) is 14.4 Å². The van der Waals surface area contributed by atoms with Gasteiger partial charge in [-0.05, 0) is 31.9 Å². The second kappa shape index (κ2) is 6.29. The largest absolute Gasteiger partial charge is 0.464 e. The van der Waals surface area contributed by atoms with E-state index < -0.39 is 11.5 Å². The molecule has 1 amide bonds. The van der Waals surface area contributed by atoms with Crippen LogP contribution in [0.4, 0.5) is 0 Å². The number of furan rings is 1. The lowest BCUT2D eigenvalue weighted by atomic mass is 9.93. The molecule has 0 saturated heterocycles. The number of hydrogen-bond acceptors (Lipinski definition) is 4. The van der Waals surface area contributed by atoms with E-state index in [0.717, 1.165) is 23.0 Å². The summed E-state index contributed by atoms with van der Waals surface area (Å²) in [5.41, 5.74) is 2.12. The molecule has 2 heterocycles. The van der Waals surface area contributed by atoms with Crippen molar-refractivity contribution in [3.63, 3.8) is 0 Å². The zero-order valence-corrected chi connectivity index (χ0v) is 14.3. The topological polar surface area (TPSA) is 92.2 Å². The van der Waals surface area contributed by atoms with Crippen molar-refractivity contribution in [2.45, 2.75) is 32.2 Å². The molecule has 3 aromatic rings. The summed E-state index contributed by atoms with van der Waals surface area (Å²) in [4.78, 5) is 39.7. The summed E-state index contributed by atoms with van der Waals surface area (Å²) in [6.07, 6.45) is 3.42. The van der Waals surface area contributed by atoms with Crippen LogP contribution in [0.25, 0.3) is 11.0 Å². The number of rotatable bonds is 3.